The Balaban J connectivity index is 2.11. The zero-order valence-corrected chi connectivity index (χ0v) is 11.6. The molecular formula is C15H20N2O2. The number of carbonyl (C=O) groups excluding carboxylic acids is 2. The van der Waals surface area contributed by atoms with Crippen LogP contribution in [0.2, 0.25) is 0 Å². The molecule has 102 valence electrons. The van der Waals surface area contributed by atoms with Gasteiger partial charge in [0.2, 0.25) is 5.91 Å². The van der Waals surface area contributed by atoms with Crippen molar-refractivity contribution in [3.05, 3.63) is 34.9 Å². The van der Waals surface area contributed by atoms with Gasteiger partial charge in [-0.15, -0.1) is 0 Å². The van der Waals surface area contributed by atoms with E-state index >= 15 is 0 Å². The summed E-state index contributed by atoms with van der Waals surface area (Å²) in [6, 6.07) is 5.81. The van der Waals surface area contributed by atoms with E-state index in [1.54, 1.807) is 0 Å². The molecule has 4 heteroatoms. The van der Waals surface area contributed by atoms with Gasteiger partial charge in [-0.25, -0.2) is 0 Å². The van der Waals surface area contributed by atoms with Crippen LogP contribution < -0.4 is 10.6 Å². The molecule has 0 spiro atoms. The van der Waals surface area contributed by atoms with E-state index < -0.39 is 0 Å². The Morgan fingerprint density at radius 2 is 1.95 bits per heavy atom. The molecule has 0 aliphatic carbocycles. The van der Waals surface area contributed by atoms with Gasteiger partial charge in [0.1, 0.15) is 0 Å². The van der Waals surface area contributed by atoms with Gasteiger partial charge in [0, 0.05) is 24.1 Å². The minimum absolute atomic E-state index is 0.00389. The molecule has 2 N–H and O–H groups in total. The molecule has 1 saturated heterocycles. The van der Waals surface area contributed by atoms with Crippen molar-refractivity contribution in [2.24, 2.45) is 0 Å². The average Bonchev–Trinajstić information content (AvgIpc) is 2.32. The van der Waals surface area contributed by atoms with Gasteiger partial charge in [0.25, 0.3) is 5.91 Å². The van der Waals surface area contributed by atoms with Gasteiger partial charge in [-0.1, -0.05) is 18.2 Å². The Morgan fingerprint density at radius 1 is 1.32 bits per heavy atom. The number of piperidine rings is 1. The molecule has 1 aliphatic rings. The van der Waals surface area contributed by atoms with Crippen molar-refractivity contribution < 1.29 is 9.59 Å². The minimum atomic E-state index is -0.0522. The first-order chi connectivity index (χ1) is 8.99. The molecule has 0 saturated carbocycles. The van der Waals surface area contributed by atoms with Crippen LogP contribution >= 0.6 is 0 Å². The molecule has 1 fully saturated rings. The summed E-state index contributed by atoms with van der Waals surface area (Å²) in [4.78, 5) is 23.6. The second-order valence-corrected chi connectivity index (χ2v) is 5.24. The fraction of sp³-hybridized carbons (Fsp3) is 0.467. The number of carbonyl (C=O) groups is 2. The quantitative estimate of drug-likeness (QED) is 0.850. The lowest BCUT2D eigenvalue weighted by Crippen LogP contribution is -2.54. The number of aryl methyl sites for hydroxylation is 2. The van der Waals surface area contributed by atoms with E-state index in [4.69, 9.17) is 0 Å². The first-order valence-corrected chi connectivity index (χ1v) is 6.65. The SMILES string of the molecule is Cc1cccc(C)c1C(=O)NC1CCC(=O)NC1C. The van der Waals surface area contributed by atoms with Crippen LogP contribution in [0.1, 0.15) is 41.3 Å². The van der Waals surface area contributed by atoms with E-state index in [0.29, 0.717) is 12.8 Å². The van der Waals surface area contributed by atoms with Crippen molar-refractivity contribution in [3.8, 4) is 0 Å². The molecular weight excluding hydrogens is 240 g/mol. The summed E-state index contributed by atoms with van der Waals surface area (Å²) in [5.74, 6) is 0.00803. The van der Waals surface area contributed by atoms with Crippen LogP contribution in [0.3, 0.4) is 0 Å². The number of benzene rings is 1. The molecule has 2 rings (SSSR count). The van der Waals surface area contributed by atoms with Crippen molar-refractivity contribution in [2.75, 3.05) is 0 Å². The van der Waals surface area contributed by atoms with Crippen LogP contribution in [0.25, 0.3) is 0 Å². The molecule has 0 radical (unpaired) electrons. The fourth-order valence-electron chi connectivity index (χ4n) is 2.57. The molecule has 19 heavy (non-hydrogen) atoms. The predicted octanol–water partition coefficient (Wildman–Crippen LogP) is 1.70. The van der Waals surface area contributed by atoms with Gasteiger partial charge in [-0.3, -0.25) is 9.59 Å². The van der Waals surface area contributed by atoms with Crippen LogP contribution in [0.15, 0.2) is 18.2 Å². The van der Waals surface area contributed by atoms with Crippen LogP contribution in [0.4, 0.5) is 0 Å². The lowest BCUT2D eigenvalue weighted by Gasteiger charge is -2.30. The molecule has 4 nitrogen and oxygen atoms in total. The van der Waals surface area contributed by atoms with Gasteiger partial charge in [-0.05, 0) is 38.3 Å². The third kappa shape index (κ3) is 2.95. The van der Waals surface area contributed by atoms with Gasteiger partial charge in [-0.2, -0.15) is 0 Å². The molecule has 1 aliphatic heterocycles. The summed E-state index contributed by atoms with van der Waals surface area (Å²) in [6.45, 7) is 5.80. The summed E-state index contributed by atoms with van der Waals surface area (Å²) in [5.41, 5.74) is 2.70. The van der Waals surface area contributed by atoms with Crippen molar-refractivity contribution >= 4 is 11.8 Å². The zero-order chi connectivity index (χ0) is 14.0. The van der Waals surface area contributed by atoms with Crippen molar-refractivity contribution in [1.29, 1.82) is 0 Å². The predicted molar refractivity (Wildman–Crippen MR) is 74.0 cm³/mol. The zero-order valence-electron chi connectivity index (χ0n) is 11.6. The lowest BCUT2D eigenvalue weighted by atomic mass is 9.97. The smallest absolute Gasteiger partial charge is 0.252 e. The first kappa shape index (κ1) is 13.6. The molecule has 0 aromatic heterocycles. The third-order valence-corrected chi connectivity index (χ3v) is 3.70. The van der Waals surface area contributed by atoms with E-state index in [9.17, 15) is 9.59 Å². The Labute approximate surface area is 113 Å². The Kier molecular flexibility index (Phi) is 3.88. The van der Waals surface area contributed by atoms with Crippen LogP contribution in [-0.4, -0.2) is 23.9 Å². The standard InChI is InChI=1S/C15H20N2O2/c1-9-5-4-6-10(2)14(9)15(19)17-12-7-8-13(18)16-11(12)3/h4-6,11-12H,7-8H2,1-3H3,(H,16,18)(H,17,19). The highest BCUT2D eigenvalue weighted by molar-refractivity contribution is 5.97. The highest BCUT2D eigenvalue weighted by Gasteiger charge is 2.27. The largest absolute Gasteiger partial charge is 0.352 e. The summed E-state index contributed by atoms with van der Waals surface area (Å²) >= 11 is 0. The second-order valence-electron chi connectivity index (χ2n) is 5.24. The van der Waals surface area contributed by atoms with E-state index in [1.165, 1.54) is 0 Å². The van der Waals surface area contributed by atoms with E-state index in [1.807, 2.05) is 39.0 Å². The summed E-state index contributed by atoms with van der Waals surface area (Å²) in [7, 11) is 0. The van der Waals surface area contributed by atoms with Crippen molar-refractivity contribution in [1.82, 2.24) is 10.6 Å². The minimum Gasteiger partial charge on any atom is -0.352 e. The lowest BCUT2D eigenvalue weighted by molar-refractivity contribution is -0.123. The third-order valence-electron chi connectivity index (χ3n) is 3.70. The maximum Gasteiger partial charge on any atom is 0.252 e. The Morgan fingerprint density at radius 3 is 2.53 bits per heavy atom. The second kappa shape index (κ2) is 5.43. The number of amides is 2. The summed E-state index contributed by atoms with van der Waals surface area (Å²) in [5, 5.41) is 5.90. The maximum absolute atomic E-state index is 12.4. The topological polar surface area (TPSA) is 58.2 Å². The highest BCUT2D eigenvalue weighted by Crippen LogP contribution is 2.15. The average molecular weight is 260 g/mol. The van der Waals surface area contributed by atoms with Crippen molar-refractivity contribution in [2.45, 2.75) is 45.7 Å². The highest BCUT2D eigenvalue weighted by atomic mass is 16.2. The maximum atomic E-state index is 12.4. The molecule has 1 aromatic carbocycles. The van der Waals surface area contributed by atoms with Crippen LogP contribution in [0.5, 0.6) is 0 Å². The molecule has 2 amide bonds. The first-order valence-electron chi connectivity index (χ1n) is 6.65. The molecule has 1 aromatic rings. The fourth-order valence-corrected chi connectivity index (χ4v) is 2.57. The summed E-state index contributed by atoms with van der Waals surface area (Å²) < 4.78 is 0. The molecule has 1 heterocycles. The van der Waals surface area contributed by atoms with E-state index in [0.717, 1.165) is 16.7 Å². The molecule has 0 bridgehead atoms. The Bertz CT molecular complexity index is 491. The van der Waals surface area contributed by atoms with Crippen LogP contribution in [0, 0.1) is 13.8 Å². The number of rotatable bonds is 2. The van der Waals surface area contributed by atoms with Gasteiger partial charge in [0.05, 0.1) is 0 Å². The van der Waals surface area contributed by atoms with E-state index in [2.05, 4.69) is 10.6 Å². The molecule has 2 unspecified atom stereocenters. The number of hydrogen-bond acceptors (Lipinski definition) is 2. The number of hydrogen-bond donors (Lipinski definition) is 2. The molecule has 2 atom stereocenters. The normalized spacial score (nSPS) is 22.8. The monoisotopic (exact) mass is 260 g/mol. The van der Waals surface area contributed by atoms with E-state index in [-0.39, 0.29) is 23.9 Å². The number of nitrogens with one attached hydrogen (secondary N) is 2. The Hall–Kier alpha value is -1.84. The van der Waals surface area contributed by atoms with Gasteiger partial charge < -0.3 is 10.6 Å². The van der Waals surface area contributed by atoms with Crippen molar-refractivity contribution in [3.63, 3.8) is 0 Å². The van der Waals surface area contributed by atoms with Gasteiger partial charge >= 0.3 is 0 Å². The van der Waals surface area contributed by atoms with Gasteiger partial charge in [0.15, 0.2) is 0 Å². The summed E-state index contributed by atoms with van der Waals surface area (Å²) in [6.07, 6.45) is 1.17. The van der Waals surface area contributed by atoms with Crippen LogP contribution in [-0.2, 0) is 4.79 Å².